The van der Waals surface area contributed by atoms with Gasteiger partial charge in [-0.15, -0.1) is 0 Å². The predicted molar refractivity (Wildman–Crippen MR) is 87.3 cm³/mol. The first-order chi connectivity index (χ1) is 10.3. The van der Waals surface area contributed by atoms with Crippen LogP contribution in [0.4, 0.5) is 5.69 Å². The summed E-state index contributed by atoms with van der Waals surface area (Å²) in [5.41, 5.74) is 1.08. The molecule has 3 nitrogen and oxygen atoms in total. The van der Waals surface area contributed by atoms with E-state index in [2.05, 4.69) is 47.0 Å². The minimum atomic E-state index is -0.0427. The van der Waals surface area contributed by atoms with Crippen LogP contribution in [0.25, 0.3) is 10.8 Å². The number of nitrogens with one attached hydrogen (secondary N) is 2. The van der Waals surface area contributed by atoms with Gasteiger partial charge < -0.3 is 10.6 Å². The van der Waals surface area contributed by atoms with Gasteiger partial charge in [0.05, 0.1) is 5.69 Å². The molecule has 21 heavy (non-hydrogen) atoms. The van der Waals surface area contributed by atoms with Crippen LogP contribution < -0.4 is 10.6 Å². The molecule has 2 aliphatic rings. The van der Waals surface area contributed by atoms with E-state index >= 15 is 0 Å². The Morgan fingerprint density at radius 1 is 1.14 bits per heavy atom. The van der Waals surface area contributed by atoms with Crippen LogP contribution >= 0.6 is 11.8 Å². The molecule has 1 unspecified atom stereocenters. The number of carbonyl (C=O) groups is 1. The number of amides is 1. The fraction of sp³-hybridized carbons (Fsp3) is 0.353. The largest absolute Gasteiger partial charge is 0.356 e. The van der Waals surface area contributed by atoms with Gasteiger partial charge in [-0.25, -0.2) is 0 Å². The smallest absolute Gasteiger partial charge is 0.225 e. The summed E-state index contributed by atoms with van der Waals surface area (Å²) in [5, 5.41) is 9.06. The van der Waals surface area contributed by atoms with E-state index in [9.17, 15) is 4.79 Å². The Kier molecular flexibility index (Phi) is 3.26. The highest BCUT2D eigenvalue weighted by Crippen LogP contribution is 2.42. The molecule has 4 rings (SSSR count). The molecule has 2 aromatic carbocycles. The molecule has 2 N–H and O–H groups in total. The zero-order chi connectivity index (χ0) is 14.2. The van der Waals surface area contributed by atoms with E-state index < -0.39 is 0 Å². The van der Waals surface area contributed by atoms with Crippen molar-refractivity contribution in [2.45, 2.75) is 36.1 Å². The Balaban J connectivity index is 1.54. The molecule has 1 heterocycles. The number of rotatable bonds is 2. The molecule has 1 saturated carbocycles. The summed E-state index contributed by atoms with van der Waals surface area (Å²) in [6, 6.07) is 12.6. The summed E-state index contributed by atoms with van der Waals surface area (Å²) in [6.07, 6.45) is 4.46. The normalized spacial score (nSPS) is 21.2. The van der Waals surface area contributed by atoms with Crippen LogP contribution in [0.1, 0.15) is 25.7 Å². The van der Waals surface area contributed by atoms with E-state index in [0.717, 1.165) is 18.5 Å². The van der Waals surface area contributed by atoms with Crippen molar-refractivity contribution in [3.05, 3.63) is 36.4 Å². The molecule has 1 aliphatic heterocycles. The molecule has 1 fully saturated rings. The molecule has 4 heteroatoms. The van der Waals surface area contributed by atoms with E-state index in [1.807, 2.05) is 0 Å². The van der Waals surface area contributed by atoms with E-state index in [1.54, 1.807) is 11.8 Å². The van der Waals surface area contributed by atoms with Crippen LogP contribution in [0.3, 0.4) is 0 Å². The number of carbonyl (C=O) groups excluding carboxylic acids is 1. The van der Waals surface area contributed by atoms with Crippen molar-refractivity contribution >= 4 is 34.1 Å². The van der Waals surface area contributed by atoms with Gasteiger partial charge in [-0.1, -0.05) is 54.9 Å². The van der Waals surface area contributed by atoms with Crippen LogP contribution in [0, 0.1) is 5.92 Å². The van der Waals surface area contributed by atoms with Crippen molar-refractivity contribution in [2.75, 3.05) is 5.32 Å². The fourth-order valence-electron chi connectivity index (χ4n) is 3.27. The molecule has 108 valence electrons. The van der Waals surface area contributed by atoms with Crippen molar-refractivity contribution in [2.24, 2.45) is 5.92 Å². The van der Waals surface area contributed by atoms with Gasteiger partial charge in [0, 0.05) is 10.8 Å². The lowest BCUT2D eigenvalue weighted by molar-refractivity contribution is -0.124. The van der Waals surface area contributed by atoms with Gasteiger partial charge in [-0.3, -0.25) is 4.79 Å². The van der Waals surface area contributed by atoms with Gasteiger partial charge in [0.25, 0.3) is 0 Å². The predicted octanol–water partition coefficient (Wildman–Crippen LogP) is 3.95. The quantitative estimate of drug-likeness (QED) is 0.882. The monoisotopic (exact) mass is 298 g/mol. The van der Waals surface area contributed by atoms with Gasteiger partial charge in [0.1, 0.15) is 0 Å². The first-order valence-corrected chi connectivity index (χ1v) is 8.44. The van der Waals surface area contributed by atoms with E-state index in [1.165, 1.54) is 28.5 Å². The summed E-state index contributed by atoms with van der Waals surface area (Å²) in [7, 11) is 0. The summed E-state index contributed by atoms with van der Waals surface area (Å²) < 4.78 is 0. The van der Waals surface area contributed by atoms with E-state index in [0.29, 0.717) is 0 Å². The zero-order valence-corrected chi connectivity index (χ0v) is 12.6. The average Bonchev–Trinajstić information content (AvgIpc) is 3.16. The van der Waals surface area contributed by atoms with Gasteiger partial charge in [-0.05, 0) is 29.7 Å². The third-order valence-electron chi connectivity index (χ3n) is 4.40. The van der Waals surface area contributed by atoms with Crippen molar-refractivity contribution in [3.63, 3.8) is 0 Å². The summed E-state index contributed by atoms with van der Waals surface area (Å²) >= 11 is 1.71. The number of hydrogen-bond acceptors (Lipinski definition) is 3. The molecule has 0 aromatic heterocycles. The molecule has 1 aliphatic carbocycles. The lowest BCUT2D eigenvalue weighted by atomic mass is 10.1. The molecule has 0 saturated heterocycles. The third kappa shape index (κ3) is 2.38. The fourth-order valence-corrected chi connectivity index (χ4v) is 4.44. The van der Waals surface area contributed by atoms with Crippen molar-refractivity contribution < 1.29 is 4.79 Å². The standard InChI is InChI=1S/C17H18N2OS/c20-16(12-6-1-2-7-12)19-17-18-14-10-9-11-5-3-4-8-13(11)15(14)21-17/h3-5,8-10,12,17-18H,1-2,6-7H2,(H,19,20). The average molecular weight is 298 g/mol. The van der Waals surface area contributed by atoms with Crippen molar-refractivity contribution in [1.29, 1.82) is 0 Å². The van der Waals surface area contributed by atoms with Crippen LogP contribution in [-0.4, -0.2) is 11.4 Å². The van der Waals surface area contributed by atoms with Gasteiger partial charge in [0.15, 0.2) is 5.50 Å². The summed E-state index contributed by atoms with van der Waals surface area (Å²) in [4.78, 5) is 13.5. The Hall–Kier alpha value is -1.68. The topological polar surface area (TPSA) is 41.1 Å². The summed E-state index contributed by atoms with van der Waals surface area (Å²) in [5.74, 6) is 0.419. The molecule has 1 atom stereocenters. The lowest BCUT2D eigenvalue weighted by Crippen LogP contribution is -2.39. The maximum atomic E-state index is 12.3. The van der Waals surface area contributed by atoms with Gasteiger partial charge >= 0.3 is 0 Å². The number of hydrogen-bond donors (Lipinski definition) is 2. The highest BCUT2D eigenvalue weighted by Gasteiger charge is 2.28. The Bertz CT molecular complexity index is 694. The highest BCUT2D eigenvalue weighted by atomic mass is 32.2. The number of fused-ring (bicyclic) bond motifs is 3. The van der Waals surface area contributed by atoms with E-state index in [4.69, 9.17) is 0 Å². The Labute approximate surface area is 128 Å². The minimum Gasteiger partial charge on any atom is -0.356 e. The maximum Gasteiger partial charge on any atom is 0.225 e. The van der Waals surface area contributed by atoms with Crippen molar-refractivity contribution in [1.82, 2.24) is 5.32 Å². The molecule has 1 amide bonds. The lowest BCUT2D eigenvalue weighted by Gasteiger charge is -2.16. The van der Waals surface area contributed by atoms with Crippen LogP contribution in [0.2, 0.25) is 0 Å². The molecule has 0 radical (unpaired) electrons. The Morgan fingerprint density at radius 3 is 2.81 bits per heavy atom. The SMILES string of the molecule is O=C(NC1Nc2ccc3ccccc3c2S1)C1CCCC1. The summed E-state index contributed by atoms with van der Waals surface area (Å²) in [6.45, 7) is 0. The van der Waals surface area contributed by atoms with Gasteiger partial charge in [-0.2, -0.15) is 0 Å². The van der Waals surface area contributed by atoms with Crippen molar-refractivity contribution in [3.8, 4) is 0 Å². The van der Waals surface area contributed by atoms with E-state index in [-0.39, 0.29) is 17.3 Å². The molecular formula is C17H18N2OS. The highest BCUT2D eigenvalue weighted by molar-refractivity contribution is 8.00. The number of benzene rings is 2. The number of thioether (sulfide) groups is 1. The maximum absolute atomic E-state index is 12.3. The zero-order valence-electron chi connectivity index (χ0n) is 11.8. The first-order valence-electron chi connectivity index (χ1n) is 7.56. The second-order valence-corrected chi connectivity index (χ2v) is 6.91. The van der Waals surface area contributed by atoms with Gasteiger partial charge in [0.2, 0.25) is 5.91 Å². The molecular weight excluding hydrogens is 280 g/mol. The molecule has 0 bridgehead atoms. The number of anilines is 1. The molecule has 0 spiro atoms. The first kappa shape index (κ1) is 13.0. The van der Waals surface area contributed by atoms with Crippen LogP contribution in [-0.2, 0) is 4.79 Å². The van der Waals surface area contributed by atoms with Crippen LogP contribution in [0.5, 0.6) is 0 Å². The second-order valence-electron chi connectivity index (χ2n) is 5.80. The second kappa shape index (κ2) is 5.26. The minimum absolute atomic E-state index is 0.0427. The van der Waals surface area contributed by atoms with Crippen LogP contribution in [0.15, 0.2) is 41.3 Å². The Morgan fingerprint density at radius 2 is 1.95 bits per heavy atom. The molecule has 2 aromatic rings. The third-order valence-corrected chi connectivity index (χ3v) is 5.55.